The molecular formula is C13H17NOS. The Morgan fingerprint density at radius 2 is 2.25 bits per heavy atom. The molecule has 0 aliphatic carbocycles. The highest BCUT2D eigenvalue weighted by atomic mass is 32.2. The lowest BCUT2D eigenvalue weighted by molar-refractivity contribution is 0.196. The molecule has 2 nitrogen and oxygen atoms in total. The molecule has 0 amide bonds. The van der Waals surface area contributed by atoms with Gasteiger partial charge in [0.1, 0.15) is 0 Å². The Morgan fingerprint density at radius 1 is 1.50 bits per heavy atom. The summed E-state index contributed by atoms with van der Waals surface area (Å²) in [5.74, 6) is 1.03. The fourth-order valence-corrected chi connectivity index (χ4v) is 2.67. The summed E-state index contributed by atoms with van der Waals surface area (Å²) in [5.41, 5.74) is 1.57. The van der Waals surface area contributed by atoms with Crippen LogP contribution in [0.1, 0.15) is 43.9 Å². The van der Waals surface area contributed by atoms with Gasteiger partial charge in [0.25, 0.3) is 0 Å². The minimum Gasteiger partial charge on any atom is -0.389 e. The van der Waals surface area contributed by atoms with Gasteiger partial charge in [-0.15, -0.1) is 11.8 Å². The Balaban J connectivity index is 2.88. The molecule has 0 fully saturated rings. The zero-order chi connectivity index (χ0) is 12.0. The van der Waals surface area contributed by atoms with Gasteiger partial charge < -0.3 is 5.11 Å². The minimum absolute atomic E-state index is 0.475. The van der Waals surface area contributed by atoms with Gasteiger partial charge in [-0.1, -0.05) is 19.4 Å². The van der Waals surface area contributed by atoms with Crippen molar-refractivity contribution < 1.29 is 5.11 Å². The van der Waals surface area contributed by atoms with Crippen molar-refractivity contribution in [1.29, 1.82) is 5.26 Å². The number of unbranched alkanes of at least 4 members (excludes halogenated alkanes) is 1. The van der Waals surface area contributed by atoms with Gasteiger partial charge in [0, 0.05) is 4.90 Å². The maximum absolute atomic E-state index is 9.63. The predicted molar refractivity (Wildman–Crippen MR) is 67.4 cm³/mol. The number of aliphatic hydroxyl groups excluding tert-OH is 1. The van der Waals surface area contributed by atoms with Gasteiger partial charge in [0.05, 0.1) is 17.7 Å². The predicted octanol–water partition coefficient (Wildman–Crippen LogP) is 3.50. The summed E-state index contributed by atoms with van der Waals surface area (Å²) < 4.78 is 0. The van der Waals surface area contributed by atoms with E-state index in [1.807, 2.05) is 12.1 Å². The molecule has 0 aliphatic rings. The van der Waals surface area contributed by atoms with Crippen LogP contribution in [0.25, 0.3) is 0 Å². The van der Waals surface area contributed by atoms with Crippen molar-refractivity contribution >= 4 is 11.8 Å². The number of hydrogen-bond acceptors (Lipinski definition) is 3. The summed E-state index contributed by atoms with van der Waals surface area (Å²) in [6.07, 6.45) is 1.84. The first-order chi connectivity index (χ1) is 7.69. The summed E-state index contributed by atoms with van der Waals surface area (Å²) in [6.45, 7) is 3.91. The van der Waals surface area contributed by atoms with E-state index in [1.165, 1.54) is 0 Å². The molecule has 3 heteroatoms. The number of nitriles is 1. The molecule has 16 heavy (non-hydrogen) atoms. The standard InChI is InChI=1S/C13H17NOS/c1-3-4-7-16-13-8-11(9-14)5-6-12(13)10(2)15/h5-6,8,10,15H,3-4,7H2,1-2H3/t10-/m1/s1. The molecule has 0 spiro atoms. The molecule has 1 aromatic rings. The number of hydrogen-bond donors (Lipinski definition) is 1. The lowest BCUT2D eigenvalue weighted by Gasteiger charge is -2.11. The van der Waals surface area contributed by atoms with E-state index in [0.29, 0.717) is 5.56 Å². The van der Waals surface area contributed by atoms with Crippen LogP contribution in [-0.2, 0) is 0 Å². The van der Waals surface area contributed by atoms with Crippen molar-refractivity contribution in [2.75, 3.05) is 5.75 Å². The third-order valence-electron chi connectivity index (χ3n) is 2.35. The summed E-state index contributed by atoms with van der Waals surface area (Å²) in [6, 6.07) is 7.59. The van der Waals surface area contributed by atoms with Gasteiger partial charge in [0.15, 0.2) is 0 Å². The molecular weight excluding hydrogens is 218 g/mol. The minimum atomic E-state index is -0.475. The summed E-state index contributed by atoms with van der Waals surface area (Å²) in [7, 11) is 0. The van der Waals surface area contributed by atoms with Crippen LogP contribution in [0.4, 0.5) is 0 Å². The van der Waals surface area contributed by atoms with Crippen molar-refractivity contribution in [3.63, 3.8) is 0 Å². The van der Waals surface area contributed by atoms with E-state index in [1.54, 1.807) is 24.8 Å². The third-order valence-corrected chi connectivity index (χ3v) is 3.51. The molecule has 1 aromatic carbocycles. The fraction of sp³-hybridized carbons (Fsp3) is 0.462. The highest BCUT2D eigenvalue weighted by molar-refractivity contribution is 7.99. The second-order valence-electron chi connectivity index (χ2n) is 3.74. The first kappa shape index (κ1) is 13.1. The van der Waals surface area contributed by atoms with Crippen LogP contribution in [-0.4, -0.2) is 10.9 Å². The van der Waals surface area contributed by atoms with Crippen LogP contribution in [0.15, 0.2) is 23.1 Å². The summed E-state index contributed by atoms with van der Waals surface area (Å²) >= 11 is 1.72. The monoisotopic (exact) mass is 235 g/mol. The molecule has 0 bridgehead atoms. The van der Waals surface area contributed by atoms with Gasteiger partial charge in [-0.05, 0) is 36.8 Å². The molecule has 1 rings (SSSR count). The van der Waals surface area contributed by atoms with Crippen LogP contribution in [0.5, 0.6) is 0 Å². The molecule has 0 saturated heterocycles. The molecule has 1 atom stereocenters. The van der Waals surface area contributed by atoms with Crippen molar-refractivity contribution in [2.45, 2.75) is 37.7 Å². The topological polar surface area (TPSA) is 44.0 Å². The second-order valence-corrected chi connectivity index (χ2v) is 4.88. The zero-order valence-electron chi connectivity index (χ0n) is 9.73. The summed E-state index contributed by atoms with van der Waals surface area (Å²) in [4.78, 5) is 1.03. The largest absolute Gasteiger partial charge is 0.389 e. The molecule has 0 aromatic heterocycles. The van der Waals surface area contributed by atoms with E-state index in [2.05, 4.69) is 13.0 Å². The number of thioether (sulfide) groups is 1. The first-order valence-corrected chi connectivity index (χ1v) is 6.52. The van der Waals surface area contributed by atoms with Crippen LogP contribution >= 0.6 is 11.8 Å². The average molecular weight is 235 g/mol. The molecule has 0 unspecified atom stereocenters. The van der Waals surface area contributed by atoms with Gasteiger partial charge in [-0.2, -0.15) is 5.26 Å². The van der Waals surface area contributed by atoms with Gasteiger partial charge >= 0.3 is 0 Å². The van der Waals surface area contributed by atoms with Gasteiger partial charge in [-0.25, -0.2) is 0 Å². The normalized spacial score (nSPS) is 12.1. The lowest BCUT2D eigenvalue weighted by Crippen LogP contribution is -1.95. The second kappa shape index (κ2) is 6.57. The highest BCUT2D eigenvalue weighted by Crippen LogP contribution is 2.29. The number of nitrogens with zero attached hydrogens (tertiary/aromatic N) is 1. The van der Waals surface area contributed by atoms with E-state index >= 15 is 0 Å². The highest BCUT2D eigenvalue weighted by Gasteiger charge is 2.09. The van der Waals surface area contributed by atoms with Crippen molar-refractivity contribution in [2.24, 2.45) is 0 Å². The Bertz CT molecular complexity index is 382. The maximum Gasteiger partial charge on any atom is 0.0992 e. The molecule has 0 saturated carbocycles. The van der Waals surface area contributed by atoms with E-state index in [9.17, 15) is 5.11 Å². The Kier molecular flexibility index (Phi) is 5.37. The van der Waals surface area contributed by atoms with E-state index in [4.69, 9.17) is 5.26 Å². The third kappa shape index (κ3) is 3.55. The molecule has 1 N–H and O–H groups in total. The van der Waals surface area contributed by atoms with Crippen molar-refractivity contribution in [3.05, 3.63) is 29.3 Å². The Hall–Kier alpha value is -0.980. The Morgan fingerprint density at radius 3 is 2.81 bits per heavy atom. The van der Waals surface area contributed by atoms with Crippen LogP contribution in [0.3, 0.4) is 0 Å². The van der Waals surface area contributed by atoms with Crippen LogP contribution in [0.2, 0.25) is 0 Å². The number of rotatable bonds is 5. The average Bonchev–Trinajstić information content (AvgIpc) is 2.29. The van der Waals surface area contributed by atoms with Crippen molar-refractivity contribution in [1.82, 2.24) is 0 Å². The smallest absolute Gasteiger partial charge is 0.0992 e. The zero-order valence-corrected chi connectivity index (χ0v) is 10.5. The summed E-state index contributed by atoms with van der Waals surface area (Å²) in [5, 5.41) is 18.5. The molecule has 0 heterocycles. The number of benzene rings is 1. The quantitative estimate of drug-likeness (QED) is 0.627. The Labute approximate surface area is 101 Å². The van der Waals surface area contributed by atoms with Crippen LogP contribution in [0, 0.1) is 11.3 Å². The van der Waals surface area contributed by atoms with Gasteiger partial charge in [0.2, 0.25) is 0 Å². The molecule has 0 radical (unpaired) electrons. The maximum atomic E-state index is 9.63. The fourth-order valence-electron chi connectivity index (χ4n) is 1.40. The number of aliphatic hydroxyl groups is 1. The van der Waals surface area contributed by atoms with Crippen molar-refractivity contribution in [3.8, 4) is 6.07 Å². The van der Waals surface area contributed by atoms with E-state index in [-0.39, 0.29) is 0 Å². The van der Waals surface area contributed by atoms with E-state index < -0.39 is 6.10 Å². The first-order valence-electron chi connectivity index (χ1n) is 5.54. The lowest BCUT2D eigenvalue weighted by atomic mass is 10.1. The van der Waals surface area contributed by atoms with E-state index in [0.717, 1.165) is 29.1 Å². The van der Waals surface area contributed by atoms with Gasteiger partial charge in [-0.3, -0.25) is 0 Å². The molecule has 0 aliphatic heterocycles. The SMILES string of the molecule is CCCCSc1cc(C#N)ccc1[C@@H](C)O. The molecule has 86 valence electrons. The van der Waals surface area contributed by atoms with Crippen LogP contribution < -0.4 is 0 Å².